The normalized spacial score (nSPS) is 19.0. The van der Waals surface area contributed by atoms with Crippen molar-refractivity contribution in [2.45, 2.75) is 77.9 Å². The predicted octanol–water partition coefficient (Wildman–Crippen LogP) is 5.28. The second-order valence-corrected chi connectivity index (χ2v) is 14.9. The number of piperazine rings is 1. The molecule has 2 fully saturated rings. The average molecular weight is 612 g/mol. The third-order valence-electron chi connectivity index (χ3n) is 9.42. The lowest BCUT2D eigenvalue weighted by atomic mass is 9.79. The molecule has 0 bridgehead atoms. The van der Waals surface area contributed by atoms with Crippen LogP contribution in [0.1, 0.15) is 80.0 Å². The highest BCUT2D eigenvalue weighted by Crippen LogP contribution is 2.32. The molecular weight excluding hydrogens is 562 g/mol. The van der Waals surface area contributed by atoms with Gasteiger partial charge in [-0.2, -0.15) is 15.4 Å². The van der Waals surface area contributed by atoms with Crippen LogP contribution in [0.15, 0.2) is 48.7 Å². The molecule has 4 aromatic rings. The Hall–Kier alpha value is -3.53. The number of fused-ring (bicyclic) bond motifs is 1. The van der Waals surface area contributed by atoms with Crippen molar-refractivity contribution in [2.75, 3.05) is 45.9 Å². The fraction of sp³-hybridized carbons (Fsp3) is 0.528. The van der Waals surface area contributed by atoms with Crippen molar-refractivity contribution in [1.82, 2.24) is 35.1 Å². The Morgan fingerprint density at radius 3 is 2.18 bits per heavy atom. The van der Waals surface area contributed by atoms with Crippen molar-refractivity contribution < 1.29 is 9.53 Å². The molecule has 240 valence electrons. The lowest BCUT2D eigenvalue weighted by Gasteiger charge is -2.42. The van der Waals surface area contributed by atoms with Gasteiger partial charge in [0.25, 0.3) is 5.91 Å². The maximum Gasteiger partial charge on any atom is 0.254 e. The maximum atomic E-state index is 14.5. The summed E-state index contributed by atoms with van der Waals surface area (Å²) in [7, 11) is 0. The number of hydrogen-bond donors (Lipinski definition) is 2. The highest BCUT2D eigenvalue weighted by atomic mass is 16.5. The molecule has 2 aromatic carbocycles. The van der Waals surface area contributed by atoms with Crippen LogP contribution >= 0.6 is 0 Å². The van der Waals surface area contributed by atoms with E-state index in [9.17, 15) is 4.79 Å². The lowest BCUT2D eigenvalue weighted by molar-refractivity contribution is 0.0329. The molecule has 2 aliphatic rings. The number of carbonyl (C=O) groups excluding carboxylic acids is 1. The van der Waals surface area contributed by atoms with Gasteiger partial charge in [0.05, 0.1) is 13.2 Å². The summed E-state index contributed by atoms with van der Waals surface area (Å²) in [5, 5.41) is 13.2. The Morgan fingerprint density at radius 2 is 1.51 bits per heavy atom. The molecule has 2 aliphatic heterocycles. The number of nitrogens with one attached hydrogen (secondary N) is 2. The summed E-state index contributed by atoms with van der Waals surface area (Å²) in [5.41, 5.74) is 7.41. The minimum atomic E-state index is -0.0606. The lowest BCUT2D eigenvalue weighted by Crippen LogP contribution is -2.55. The molecule has 2 N–H and O–H groups in total. The quantitative estimate of drug-likeness (QED) is 0.295. The first-order valence-corrected chi connectivity index (χ1v) is 16.4. The zero-order valence-corrected chi connectivity index (χ0v) is 27.8. The molecule has 9 heteroatoms. The van der Waals surface area contributed by atoms with Crippen LogP contribution in [0.3, 0.4) is 0 Å². The van der Waals surface area contributed by atoms with Crippen molar-refractivity contribution in [3.63, 3.8) is 0 Å². The van der Waals surface area contributed by atoms with Gasteiger partial charge in [-0.1, -0.05) is 65.8 Å². The second-order valence-electron chi connectivity index (χ2n) is 14.9. The number of para-hydroxylation sites is 1. The van der Waals surface area contributed by atoms with Gasteiger partial charge in [-0.05, 0) is 52.1 Å². The Bertz CT molecular complexity index is 1590. The molecule has 45 heavy (non-hydrogen) atoms. The Morgan fingerprint density at radius 1 is 0.867 bits per heavy atom. The summed E-state index contributed by atoms with van der Waals surface area (Å²) >= 11 is 0. The van der Waals surface area contributed by atoms with E-state index in [1.807, 2.05) is 0 Å². The van der Waals surface area contributed by atoms with Crippen LogP contribution in [-0.4, -0.2) is 93.0 Å². The number of ether oxygens (including phenoxy) is 1. The standard InChI is InChI=1S/C36H49N7O2/c1-35(2,3)27-17-25(18-28(20-27)36(4,5)6)34(44)43-12-11-42(22-29(43)19-26-21-37-31-10-8-7-9-30(26)31)24-33-32(38-40-39-33)23-41-13-15-45-16-14-41/h7-10,17-18,20-21,29,37H,11-16,19,22-24H2,1-6H3,(H,38,39,40)/t29-/m1/s1. The van der Waals surface area contributed by atoms with E-state index in [0.717, 1.165) is 74.8 Å². The Balaban J connectivity index is 1.28. The molecule has 0 radical (unpaired) electrons. The van der Waals surface area contributed by atoms with E-state index in [1.165, 1.54) is 22.1 Å². The number of amides is 1. The number of nitrogens with zero attached hydrogens (tertiary/aromatic N) is 5. The second kappa shape index (κ2) is 12.7. The fourth-order valence-electron chi connectivity index (χ4n) is 6.55. The SMILES string of the molecule is CC(C)(C)c1cc(C(=O)N2CCN(Cc3n[nH]nc3CN3CCOCC3)C[C@H]2Cc2c[nH]c3ccccc23)cc(C(C)(C)C)c1. The topological polar surface area (TPSA) is 93.4 Å². The number of aromatic amines is 2. The van der Waals surface area contributed by atoms with Gasteiger partial charge < -0.3 is 14.6 Å². The van der Waals surface area contributed by atoms with Gasteiger partial charge >= 0.3 is 0 Å². The van der Waals surface area contributed by atoms with Gasteiger partial charge in [-0.25, -0.2) is 0 Å². The molecule has 1 amide bonds. The van der Waals surface area contributed by atoms with Gasteiger partial charge in [-0.3, -0.25) is 14.6 Å². The highest BCUT2D eigenvalue weighted by molar-refractivity contribution is 5.95. The van der Waals surface area contributed by atoms with E-state index in [4.69, 9.17) is 4.74 Å². The fourth-order valence-corrected chi connectivity index (χ4v) is 6.55. The zero-order chi connectivity index (χ0) is 31.8. The van der Waals surface area contributed by atoms with Crippen LogP contribution in [0, 0.1) is 0 Å². The molecule has 0 spiro atoms. The number of hydrogen-bond acceptors (Lipinski definition) is 6. The molecule has 6 rings (SSSR count). The van der Waals surface area contributed by atoms with E-state index in [2.05, 4.69) is 125 Å². The third kappa shape index (κ3) is 7.16. The largest absolute Gasteiger partial charge is 0.379 e. The first-order valence-electron chi connectivity index (χ1n) is 16.4. The zero-order valence-electron chi connectivity index (χ0n) is 27.8. The van der Waals surface area contributed by atoms with Gasteiger partial charge in [0.2, 0.25) is 0 Å². The summed E-state index contributed by atoms with van der Waals surface area (Å²) in [6, 6.07) is 15.0. The number of benzene rings is 2. The summed E-state index contributed by atoms with van der Waals surface area (Å²) in [6.07, 6.45) is 2.89. The van der Waals surface area contributed by atoms with Crippen LogP contribution < -0.4 is 0 Å². The average Bonchev–Trinajstić information content (AvgIpc) is 3.63. The maximum absolute atomic E-state index is 14.5. The Kier molecular flexibility index (Phi) is 8.87. The summed E-state index contributed by atoms with van der Waals surface area (Å²) in [6.45, 7) is 20.3. The first-order chi connectivity index (χ1) is 21.5. The van der Waals surface area contributed by atoms with Crippen LogP contribution in [0.25, 0.3) is 10.9 Å². The Labute approximate surface area is 267 Å². The molecule has 1 atom stereocenters. The number of morpholine rings is 1. The number of aromatic nitrogens is 4. The number of carbonyl (C=O) groups is 1. The number of H-pyrrole nitrogens is 2. The molecule has 0 saturated carbocycles. The molecule has 2 saturated heterocycles. The molecule has 2 aromatic heterocycles. The molecular formula is C36H49N7O2. The van der Waals surface area contributed by atoms with Gasteiger partial charge in [0.15, 0.2) is 0 Å². The molecule has 0 aliphatic carbocycles. The van der Waals surface area contributed by atoms with Crippen molar-refractivity contribution >= 4 is 16.8 Å². The van der Waals surface area contributed by atoms with E-state index in [1.54, 1.807) is 0 Å². The van der Waals surface area contributed by atoms with Crippen LogP contribution in [0.2, 0.25) is 0 Å². The van der Waals surface area contributed by atoms with Crippen LogP contribution in [0.4, 0.5) is 0 Å². The van der Waals surface area contributed by atoms with E-state index in [-0.39, 0.29) is 22.8 Å². The van der Waals surface area contributed by atoms with E-state index >= 15 is 0 Å². The van der Waals surface area contributed by atoms with Gasteiger partial charge in [-0.15, -0.1) is 0 Å². The van der Waals surface area contributed by atoms with Crippen LogP contribution in [0.5, 0.6) is 0 Å². The summed E-state index contributed by atoms with van der Waals surface area (Å²) in [4.78, 5) is 24.9. The van der Waals surface area contributed by atoms with Crippen molar-refractivity contribution in [2.24, 2.45) is 0 Å². The van der Waals surface area contributed by atoms with E-state index in [0.29, 0.717) is 13.1 Å². The van der Waals surface area contributed by atoms with Crippen LogP contribution in [-0.2, 0) is 35.1 Å². The monoisotopic (exact) mass is 611 g/mol. The summed E-state index contributed by atoms with van der Waals surface area (Å²) < 4.78 is 5.53. The highest BCUT2D eigenvalue weighted by Gasteiger charge is 2.34. The van der Waals surface area contributed by atoms with Crippen molar-refractivity contribution in [1.29, 1.82) is 0 Å². The summed E-state index contributed by atoms with van der Waals surface area (Å²) in [5.74, 6) is 0.116. The minimum absolute atomic E-state index is 0.0106. The van der Waals surface area contributed by atoms with Gasteiger partial charge in [0, 0.05) is 74.5 Å². The van der Waals surface area contributed by atoms with E-state index < -0.39 is 0 Å². The minimum Gasteiger partial charge on any atom is -0.379 e. The van der Waals surface area contributed by atoms with Gasteiger partial charge in [0.1, 0.15) is 11.4 Å². The molecule has 0 unspecified atom stereocenters. The molecule has 9 nitrogen and oxygen atoms in total. The first kappa shape index (κ1) is 31.5. The number of rotatable bonds is 7. The predicted molar refractivity (Wildman–Crippen MR) is 178 cm³/mol. The smallest absolute Gasteiger partial charge is 0.254 e. The van der Waals surface area contributed by atoms with Crippen molar-refractivity contribution in [3.8, 4) is 0 Å². The third-order valence-corrected chi connectivity index (χ3v) is 9.42. The van der Waals surface area contributed by atoms with Crippen molar-refractivity contribution in [3.05, 3.63) is 82.3 Å². The molecule has 4 heterocycles.